The highest BCUT2D eigenvalue weighted by Gasteiger charge is 2.09. The normalized spacial score (nSPS) is 11.2. The van der Waals surface area contributed by atoms with E-state index in [1.54, 1.807) is 0 Å². The Balaban J connectivity index is 2.30. The number of hydrogen-bond donors (Lipinski definition) is 1. The van der Waals surface area contributed by atoms with Crippen molar-refractivity contribution in [3.05, 3.63) is 58.9 Å². The molecule has 0 unspecified atom stereocenters. The van der Waals surface area contributed by atoms with E-state index in [2.05, 4.69) is 11.4 Å². The molecule has 1 heterocycles. The second-order valence-corrected chi connectivity index (χ2v) is 4.98. The molecule has 3 nitrogen and oxygen atoms in total. The first kappa shape index (κ1) is 12.9. The largest absolute Gasteiger partial charge is 0.320 e. The van der Waals surface area contributed by atoms with E-state index in [-0.39, 0.29) is 5.56 Å². The van der Waals surface area contributed by atoms with E-state index in [0.717, 1.165) is 41.2 Å². The summed E-state index contributed by atoms with van der Waals surface area (Å²) in [4.78, 5) is 12.7. The summed E-state index contributed by atoms with van der Waals surface area (Å²) in [7, 11) is 1.93. The number of benzene rings is 2. The van der Waals surface area contributed by atoms with E-state index in [9.17, 15) is 4.79 Å². The van der Waals surface area contributed by atoms with Gasteiger partial charge >= 0.3 is 0 Å². The number of nitrogens with one attached hydrogen (secondary N) is 1. The minimum atomic E-state index is 0.107. The summed E-state index contributed by atoms with van der Waals surface area (Å²) < 4.78 is 1.90. The fourth-order valence-electron chi connectivity index (χ4n) is 2.73. The number of hydrogen-bond acceptors (Lipinski definition) is 2. The van der Waals surface area contributed by atoms with Gasteiger partial charge in [0.15, 0.2) is 0 Å². The Bertz CT molecular complexity index is 805. The van der Waals surface area contributed by atoms with Gasteiger partial charge in [-0.3, -0.25) is 4.79 Å². The van der Waals surface area contributed by atoms with Gasteiger partial charge in [-0.2, -0.15) is 0 Å². The zero-order valence-electron chi connectivity index (χ0n) is 11.6. The average Bonchev–Trinajstić information content (AvgIpc) is 2.51. The molecule has 0 saturated carbocycles. The highest BCUT2D eigenvalue weighted by atomic mass is 16.1. The molecule has 102 valence electrons. The molecule has 0 atom stereocenters. The van der Waals surface area contributed by atoms with Crippen molar-refractivity contribution >= 4 is 21.7 Å². The van der Waals surface area contributed by atoms with Crippen molar-refractivity contribution in [1.82, 2.24) is 9.88 Å². The van der Waals surface area contributed by atoms with Crippen LogP contribution in [0.2, 0.25) is 0 Å². The molecule has 1 N–H and O–H groups in total. The lowest BCUT2D eigenvalue weighted by Gasteiger charge is -2.12. The lowest BCUT2D eigenvalue weighted by atomic mass is 10.1. The van der Waals surface area contributed by atoms with Crippen molar-refractivity contribution in [2.24, 2.45) is 0 Å². The first-order chi connectivity index (χ1) is 9.83. The van der Waals surface area contributed by atoms with Crippen molar-refractivity contribution in [1.29, 1.82) is 0 Å². The third kappa shape index (κ3) is 2.10. The van der Waals surface area contributed by atoms with Crippen molar-refractivity contribution < 1.29 is 0 Å². The van der Waals surface area contributed by atoms with Crippen LogP contribution in [0, 0.1) is 0 Å². The first-order valence-corrected chi connectivity index (χ1v) is 6.98. The van der Waals surface area contributed by atoms with Crippen molar-refractivity contribution in [2.45, 2.75) is 13.0 Å². The van der Waals surface area contributed by atoms with E-state index in [1.165, 1.54) is 0 Å². The number of aromatic nitrogens is 1. The number of rotatable bonds is 4. The molecule has 2 aromatic carbocycles. The minimum absolute atomic E-state index is 0.107. The van der Waals surface area contributed by atoms with Gasteiger partial charge < -0.3 is 9.88 Å². The van der Waals surface area contributed by atoms with Gasteiger partial charge in [0.25, 0.3) is 5.56 Å². The summed E-state index contributed by atoms with van der Waals surface area (Å²) in [6.45, 7) is 1.65. The molecule has 0 spiro atoms. The first-order valence-electron chi connectivity index (χ1n) is 6.98. The lowest BCUT2D eigenvalue weighted by Crippen LogP contribution is -2.22. The monoisotopic (exact) mass is 266 g/mol. The Morgan fingerprint density at radius 1 is 0.950 bits per heavy atom. The van der Waals surface area contributed by atoms with Gasteiger partial charge in [0.2, 0.25) is 0 Å². The molecule has 0 fully saturated rings. The van der Waals surface area contributed by atoms with E-state index in [0.29, 0.717) is 0 Å². The Labute approximate surface area is 117 Å². The zero-order valence-corrected chi connectivity index (χ0v) is 11.6. The highest BCUT2D eigenvalue weighted by Crippen LogP contribution is 2.22. The Hall–Kier alpha value is -2.13. The van der Waals surface area contributed by atoms with Crippen LogP contribution in [0.5, 0.6) is 0 Å². The molecule has 3 rings (SSSR count). The van der Waals surface area contributed by atoms with Gasteiger partial charge in [-0.05, 0) is 37.5 Å². The molecule has 0 bridgehead atoms. The van der Waals surface area contributed by atoms with Crippen molar-refractivity contribution in [2.75, 3.05) is 13.6 Å². The van der Waals surface area contributed by atoms with Gasteiger partial charge in [-0.1, -0.05) is 36.4 Å². The molecule has 0 aliphatic carbocycles. The van der Waals surface area contributed by atoms with Crippen LogP contribution in [0.4, 0.5) is 0 Å². The highest BCUT2D eigenvalue weighted by molar-refractivity contribution is 6.05. The van der Waals surface area contributed by atoms with Crippen LogP contribution in [-0.2, 0) is 6.54 Å². The zero-order chi connectivity index (χ0) is 13.9. The van der Waals surface area contributed by atoms with Crippen LogP contribution >= 0.6 is 0 Å². The Morgan fingerprint density at radius 2 is 1.60 bits per heavy atom. The summed E-state index contributed by atoms with van der Waals surface area (Å²) in [6.07, 6.45) is 0.943. The van der Waals surface area contributed by atoms with E-state index in [1.807, 2.05) is 54.1 Å². The molecular weight excluding hydrogens is 248 g/mol. The van der Waals surface area contributed by atoms with Crippen LogP contribution in [-0.4, -0.2) is 18.2 Å². The number of fused-ring (bicyclic) bond motifs is 3. The lowest BCUT2D eigenvalue weighted by molar-refractivity contribution is 0.615. The fraction of sp³-hybridized carbons (Fsp3) is 0.235. The number of pyridine rings is 1. The van der Waals surface area contributed by atoms with Crippen LogP contribution in [0.15, 0.2) is 53.3 Å². The number of nitrogens with zero attached hydrogens (tertiary/aromatic N) is 1. The summed E-state index contributed by atoms with van der Waals surface area (Å²) in [5, 5.41) is 6.11. The summed E-state index contributed by atoms with van der Waals surface area (Å²) >= 11 is 0. The molecule has 1 aromatic heterocycles. The average molecular weight is 266 g/mol. The van der Waals surface area contributed by atoms with Gasteiger partial charge in [0.1, 0.15) is 0 Å². The van der Waals surface area contributed by atoms with E-state index >= 15 is 0 Å². The summed E-state index contributed by atoms with van der Waals surface area (Å²) in [5.41, 5.74) is 1.13. The van der Waals surface area contributed by atoms with E-state index < -0.39 is 0 Å². The Kier molecular flexibility index (Phi) is 3.52. The predicted molar refractivity (Wildman–Crippen MR) is 84.3 cm³/mol. The second-order valence-electron chi connectivity index (χ2n) is 4.98. The standard InChI is InChI=1S/C17H18N2O/c1-18-11-6-12-19-16-10-5-4-8-14(16)13-7-2-3-9-15(13)17(19)20/h2-5,7-10,18H,6,11-12H2,1H3. The molecule has 0 aliphatic heterocycles. The Morgan fingerprint density at radius 3 is 2.35 bits per heavy atom. The third-order valence-electron chi connectivity index (χ3n) is 3.70. The molecule has 3 heteroatoms. The summed E-state index contributed by atoms with van der Waals surface area (Å²) in [6, 6.07) is 16.0. The molecule has 0 radical (unpaired) electrons. The SMILES string of the molecule is CNCCCn1c(=O)c2ccccc2c2ccccc21. The molecule has 0 aliphatic rings. The van der Waals surface area contributed by atoms with Gasteiger partial charge in [0, 0.05) is 17.3 Å². The van der Waals surface area contributed by atoms with Crippen molar-refractivity contribution in [3.63, 3.8) is 0 Å². The molecular formula is C17H18N2O. The van der Waals surface area contributed by atoms with Gasteiger partial charge in [0.05, 0.1) is 5.52 Å². The van der Waals surface area contributed by atoms with Gasteiger partial charge in [-0.15, -0.1) is 0 Å². The van der Waals surface area contributed by atoms with Gasteiger partial charge in [-0.25, -0.2) is 0 Å². The second kappa shape index (κ2) is 5.47. The number of para-hydroxylation sites is 1. The molecule has 0 amide bonds. The van der Waals surface area contributed by atoms with Crippen LogP contribution in [0.25, 0.3) is 21.7 Å². The van der Waals surface area contributed by atoms with Crippen LogP contribution < -0.4 is 10.9 Å². The van der Waals surface area contributed by atoms with Crippen LogP contribution in [0.1, 0.15) is 6.42 Å². The van der Waals surface area contributed by atoms with E-state index in [4.69, 9.17) is 0 Å². The van der Waals surface area contributed by atoms with Crippen molar-refractivity contribution in [3.8, 4) is 0 Å². The maximum Gasteiger partial charge on any atom is 0.258 e. The molecule has 20 heavy (non-hydrogen) atoms. The molecule has 0 saturated heterocycles. The van der Waals surface area contributed by atoms with Crippen LogP contribution in [0.3, 0.4) is 0 Å². The predicted octanol–water partition coefficient (Wildman–Crippen LogP) is 2.76. The topological polar surface area (TPSA) is 34.0 Å². The maximum atomic E-state index is 12.7. The third-order valence-corrected chi connectivity index (χ3v) is 3.70. The summed E-state index contributed by atoms with van der Waals surface area (Å²) in [5.74, 6) is 0. The number of aryl methyl sites for hydroxylation is 1. The maximum absolute atomic E-state index is 12.7. The quantitative estimate of drug-likeness (QED) is 0.582. The molecule has 3 aromatic rings. The minimum Gasteiger partial charge on any atom is -0.320 e. The smallest absolute Gasteiger partial charge is 0.258 e. The fourth-order valence-corrected chi connectivity index (χ4v) is 2.73.